The van der Waals surface area contributed by atoms with Gasteiger partial charge in [0.2, 0.25) is 0 Å². The maximum absolute atomic E-state index is 12.7. The molecule has 0 bridgehead atoms. The molecule has 1 aromatic carbocycles. The Hall–Kier alpha value is -1.98. The summed E-state index contributed by atoms with van der Waals surface area (Å²) in [4.78, 5) is 13.2. The second-order valence-corrected chi connectivity index (χ2v) is 6.46. The first-order chi connectivity index (χ1) is 10.5. The van der Waals surface area contributed by atoms with Crippen LogP contribution in [0, 0.1) is 5.41 Å². The van der Waals surface area contributed by atoms with Gasteiger partial charge in [-0.25, -0.2) is 0 Å². The predicted octanol–water partition coefficient (Wildman–Crippen LogP) is 4.30. The van der Waals surface area contributed by atoms with Crippen molar-refractivity contribution in [2.24, 2.45) is 5.41 Å². The maximum Gasteiger partial charge on any atom is 0.406 e. The molecule has 0 spiro atoms. The minimum Gasteiger partial charge on any atom is -0.490 e. The summed E-state index contributed by atoms with van der Waals surface area (Å²) in [5.41, 5.74) is -0.238. The smallest absolute Gasteiger partial charge is 0.406 e. The molecule has 0 saturated heterocycles. The van der Waals surface area contributed by atoms with Crippen molar-refractivity contribution in [2.45, 2.75) is 26.9 Å². The minimum absolute atomic E-state index is 0.0139. The quantitative estimate of drug-likeness (QED) is 0.728. The zero-order valence-corrected chi connectivity index (χ0v) is 13.6. The van der Waals surface area contributed by atoms with E-state index in [9.17, 15) is 18.0 Å². The lowest BCUT2D eigenvalue weighted by atomic mass is 9.95. The van der Waals surface area contributed by atoms with Gasteiger partial charge in [0.25, 0.3) is 5.91 Å². The van der Waals surface area contributed by atoms with E-state index in [1.165, 1.54) is 12.1 Å². The molecular formula is C17H22F3NO2. The van der Waals surface area contributed by atoms with Crippen LogP contribution in [0.4, 0.5) is 13.2 Å². The molecule has 0 N–H and O–H groups in total. The number of amides is 1. The summed E-state index contributed by atoms with van der Waals surface area (Å²) >= 11 is 0. The van der Waals surface area contributed by atoms with Crippen LogP contribution in [-0.4, -0.2) is 36.7 Å². The average Bonchev–Trinajstić information content (AvgIpc) is 2.41. The van der Waals surface area contributed by atoms with E-state index in [0.717, 1.165) is 4.90 Å². The van der Waals surface area contributed by atoms with Gasteiger partial charge in [-0.1, -0.05) is 33.4 Å². The monoisotopic (exact) mass is 329 g/mol. The Labute approximate surface area is 134 Å². The van der Waals surface area contributed by atoms with Crippen molar-refractivity contribution in [3.05, 3.63) is 42.5 Å². The van der Waals surface area contributed by atoms with Crippen LogP contribution in [-0.2, 0) is 0 Å². The van der Waals surface area contributed by atoms with Gasteiger partial charge in [-0.2, -0.15) is 13.2 Å². The highest BCUT2D eigenvalue weighted by atomic mass is 19.4. The van der Waals surface area contributed by atoms with Crippen LogP contribution in [0.15, 0.2) is 36.9 Å². The van der Waals surface area contributed by atoms with Crippen molar-refractivity contribution in [3.8, 4) is 5.75 Å². The highest BCUT2D eigenvalue weighted by molar-refractivity contribution is 5.94. The molecule has 0 atom stereocenters. The van der Waals surface area contributed by atoms with E-state index in [-0.39, 0.29) is 12.1 Å². The van der Waals surface area contributed by atoms with Crippen LogP contribution < -0.4 is 4.74 Å². The molecule has 0 aliphatic rings. The fourth-order valence-electron chi connectivity index (χ4n) is 2.02. The lowest BCUT2D eigenvalue weighted by Crippen LogP contribution is -2.43. The standard InChI is InChI=1S/C17H22F3NO2/c1-5-10-23-14-8-6-13(7-9-14)15(22)21(11-16(2,3)4)12-17(18,19)20/h5-9H,1,10-12H2,2-4H3. The third-order valence-corrected chi connectivity index (χ3v) is 2.79. The summed E-state index contributed by atoms with van der Waals surface area (Å²) < 4.78 is 43.5. The molecule has 0 radical (unpaired) electrons. The van der Waals surface area contributed by atoms with Gasteiger partial charge in [-0.3, -0.25) is 4.79 Å². The van der Waals surface area contributed by atoms with E-state index in [2.05, 4.69) is 6.58 Å². The van der Waals surface area contributed by atoms with E-state index < -0.39 is 24.0 Å². The molecule has 1 rings (SSSR count). The Morgan fingerprint density at radius 1 is 1.17 bits per heavy atom. The van der Waals surface area contributed by atoms with Crippen molar-refractivity contribution >= 4 is 5.91 Å². The average molecular weight is 329 g/mol. The number of ether oxygens (including phenoxy) is 1. The topological polar surface area (TPSA) is 29.5 Å². The first kappa shape index (κ1) is 19.1. The van der Waals surface area contributed by atoms with Gasteiger partial charge in [0.05, 0.1) is 0 Å². The number of rotatable bonds is 6. The fraction of sp³-hybridized carbons (Fsp3) is 0.471. The summed E-state index contributed by atoms with van der Waals surface area (Å²) in [6.07, 6.45) is -2.86. The fourth-order valence-corrected chi connectivity index (χ4v) is 2.02. The van der Waals surface area contributed by atoms with Gasteiger partial charge >= 0.3 is 6.18 Å². The van der Waals surface area contributed by atoms with Crippen LogP contribution in [0.25, 0.3) is 0 Å². The Bertz CT molecular complexity index is 514. The molecule has 0 fully saturated rings. The number of hydrogen-bond acceptors (Lipinski definition) is 2. The number of hydrogen-bond donors (Lipinski definition) is 0. The molecular weight excluding hydrogens is 307 g/mol. The van der Waals surface area contributed by atoms with Gasteiger partial charge in [-0.15, -0.1) is 0 Å². The van der Waals surface area contributed by atoms with Crippen LogP contribution in [0.5, 0.6) is 5.75 Å². The summed E-state index contributed by atoms with van der Waals surface area (Å²) in [5, 5.41) is 0. The highest BCUT2D eigenvalue weighted by Gasteiger charge is 2.35. The van der Waals surface area contributed by atoms with Gasteiger partial charge in [-0.05, 0) is 29.7 Å². The van der Waals surface area contributed by atoms with Gasteiger partial charge < -0.3 is 9.64 Å². The van der Waals surface area contributed by atoms with Crippen molar-refractivity contribution in [1.29, 1.82) is 0 Å². The summed E-state index contributed by atoms with van der Waals surface area (Å²) in [7, 11) is 0. The number of benzene rings is 1. The zero-order chi connectivity index (χ0) is 17.7. The number of alkyl halides is 3. The Kier molecular flexibility index (Phi) is 6.24. The van der Waals surface area contributed by atoms with Gasteiger partial charge in [0.1, 0.15) is 18.9 Å². The zero-order valence-electron chi connectivity index (χ0n) is 13.6. The van der Waals surface area contributed by atoms with Crippen LogP contribution >= 0.6 is 0 Å². The van der Waals surface area contributed by atoms with E-state index in [0.29, 0.717) is 12.4 Å². The summed E-state index contributed by atoms with van der Waals surface area (Å²) in [5.74, 6) is -0.118. The molecule has 0 aliphatic carbocycles. The molecule has 3 nitrogen and oxygen atoms in total. The lowest BCUT2D eigenvalue weighted by Gasteiger charge is -2.30. The molecule has 0 aliphatic heterocycles. The maximum atomic E-state index is 12.7. The predicted molar refractivity (Wildman–Crippen MR) is 83.5 cm³/mol. The van der Waals surface area contributed by atoms with Crippen molar-refractivity contribution in [2.75, 3.05) is 19.7 Å². The molecule has 0 aromatic heterocycles. The van der Waals surface area contributed by atoms with Crippen LogP contribution in [0.3, 0.4) is 0 Å². The third kappa shape index (κ3) is 7.21. The number of carbonyl (C=O) groups is 1. The number of nitrogens with zero attached hydrogens (tertiary/aromatic N) is 1. The third-order valence-electron chi connectivity index (χ3n) is 2.79. The van der Waals surface area contributed by atoms with E-state index in [1.54, 1.807) is 39.0 Å². The lowest BCUT2D eigenvalue weighted by molar-refractivity contribution is -0.142. The molecule has 23 heavy (non-hydrogen) atoms. The molecule has 1 aromatic rings. The Morgan fingerprint density at radius 3 is 2.17 bits per heavy atom. The van der Waals surface area contributed by atoms with Gasteiger partial charge in [0.15, 0.2) is 0 Å². The Balaban J connectivity index is 2.92. The SMILES string of the molecule is C=CCOc1ccc(C(=O)N(CC(C)(C)C)CC(F)(F)F)cc1. The summed E-state index contributed by atoms with van der Waals surface area (Å²) in [6.45, 7) is 7.95. The first-order valence-electron chi connectivity index (χ1n) is 7.21. The highest BCUT2D eigenvalue weighted by Crippen LogP contribution is 2.23. The van der Waals surface area contributed by atoms with E-state index in [1.807, 2.05) is 0 Å². The molecule has 128 valence electrons. The minimum atomic E-state index is -4.44. The molecule has 0 heterocycles. The number of carbonyl (C=O) groups excluding carboxylic acids is 1. The second-order valence-electron chi connectivity index (χ2n) is 6.46. The van der Waals surface area contributed by atoms with Gasteiger partial charge in [0, 0.05) is 12.1 Å². The van der Waals surface area contributed by atoms with Crippen LogP contribution in [0.1, 0.15) is 31.1 Å². The molecule has 0 unspecified atom stereocenters. The molecule has 1 amide bonds. The second kappa shape index (κ2) is 7.53. The van der Waals surface area contributed by atoms with E-state index in [4.69, 9.17) is 4.74 Å². The number of halogens is 3. The van der Waals surface area contributed by atoms with Crippen molar-refractivity contribution < 1.29 is 22.7 Å². The van der Waals surface area contributed by atoms with Crippen molar-refractivity contribution in [1.82, 2.24) is 4.90 Å². The first-order valence-corrected chi connectivity index (χ1v) is 7.21. The van der Waals surface area contributed by atoms with E-state index >= 15 is 0 Å². The molecule has 6 heteroatoms. The summed E-state index contributed by atoms with van der Waals surface area (Å²) in [6, 6.07) is 6.04. The normalized spacial score (nSPS) is 11.9. The van der Waals surface area contributed by atoms with Crippen LogP contribution in [0.2, 0.25) is 0 Å². The molecule has 0 saturated carbocycles. The largest absolute Gasteiger partial charge is 0.490 e. The Morgan fingerprint density at radius 2 is 1.74 bits per heavy atom. The van der Waals surface area contributed by atoms with Crippen molar-refractivity contribution in [3.63, 3.8) is 0 Å².